The molecule has 2 rings (SSSR count). The maximum absolute atomic E-state index is 11.5. The highest BCUT2D eigenvalue weighted by atomic mass is 16.6. The van der Waals surface area contributed by atoms with Gasteiger partial charge in [0.2, 0.25) is 5.75 Å². The molecule has 0 bridgehead atoms. The van der Waals surface area contributed by atoms with Gasteiger partial charge in [-0.05, 0) is 42.2 Å². The first-order valence-electron chi connectivity index (χ1n) is 8.25. The number of ether oxygens (including phenoxy) is 2. The fourth-order valence-electron chi connectivity index (χ4n) is 2.37. The van der Waals surface area contributed by atoms with E-state index < -0.39 is 11.0 Å². The quantitative estimate of drug-likeness (QED) is 0.457. The summed E-state index contributed by atoms with van der Waals surface area (Å²) in [6.45, 7) is 5.98. The molecule has 0 saturated carbocycles. The van der Waals surface area contributed by atoms with Gasteiger partial charge in [0.05, 0.1) is 18.2 Å². The van der Waals surface area contributed by atoms with Crippen LogP contribution in [0.1, 0.15) is 36.5 Å². The normalized spacial score (nSPS) is 10.9. The number of benzene rings is 2. The fourth-order valence-corrected chi connectivity index (χ4v) is 2.37. The lowest BCUT2D eigenvalue weighted by Crippen LogP contribution is -2.16. The van der Waals surface area contributed by atoms with Crippen LogP contribution in [0.5, 0.6) is 11.5 Å². The molecule has 2 aromatic rings. The number of rotatable bonds is 6. The summed E-state index contributed by atoms with van der Waals surface area (Å²) in [7, 11) is 1.21. The van der Waals surface area contributed by atoms with E-state index >= 15 is 0 Å². The zero-order chi connectivity index (χ0) is 20.0. The highest BCUT2D eigenvalue weighted by Gasteiger charge is 2.18. The van der Waals surface area contributed by atoms with E-state index in [1.54, 1.807) is 6.07 Å². The van der Waals surface area contributed by atoms with E-state index in [1.807, 2.05) is 39.0 Å². The molecule has 0 heterocycles. The zero-order valence-corrected chi connectivity index (χ0v) is 15.6. The maximum atomic E-state index is 11.5. The maximum Gasteiger partial charge on any atom is 0.427 e. The van der Waals surface area contributed by atoms with Crippen LogP contribution in [0, 0.1) is 17.0 Å². The lowest BCUT2D eigenvalue weighted by molar-refractivity contribution is -0.385. The van der Waals surface area contributed by atoms with Gasteiger partial charge in [-0.15, -0.1) is 0 Å². The third-order valence-corrected chi connectivity index (χ3v) is 3.75. The van der Waals surface area contributed by atoms with E-state index in [-0.39, 0.29) is 17.4 Å². The van der Waals surface area contributed by atoms with Crippen LogP contribution >= 0.6 is 0 Å². The molecular formula is C19H21N3O5. The van der Waals surface area contributed by atoms with Gasteiger partial charge in [-0.25, -0.2) is 10.2 Å². The molecular weight excluding hydrogens is 350 g/mol. The van der Waals surface area contributed by atoms with Crippen molar-refractivity contribution in [3.05, 3.63) is 63.2 Å². The van der Waals surface area contributed by atoms with Crippen LogP contribution in [-0.2, 0) is 4.74 Å². The Morgan fingerprint density at radius 3 is 2.59 bits per heavy atom. The molecule has 2 aromatic carbocycles. The van der Waals surface area contributed by atoms with Crippen LogP contribution in [0.2, 0.25) is 0 Å². The molecule has 0 saturated heterocycles. The average molecular weight is 371 g/mol. The number of nitro groups is 1. The molecule has 0 aliphatic carbocycles. The standard InChI is InChI=1S/C19H21N3O5/c1-12(2)15-7-5-13(3)9-18(15)27-17-8-6-14(10-16(17)22(24)25)11-20-21-19(23)26-4/h5-12H,1-4H3,(H,21,23)/b20-11-. The van der Waals surface area contributed by atoms with Crippen LogP contribution in [-0.4, -0.2) is 24.3 Å². The molecule has 1 amide bonds. The number of carbonyl (C=O) groups is 1. The Labute approximate surface area is 157 Å². The fraction of sp³-hybridized carbons (Fsp3) is 0.263. The third kappa shape index (κ3) is 5.27. The second kappa shape index (κ2) is 8.79. The van der Waals surface area contributed by atoms with Gasteiger partial charge in [0.1, 0.15) is 5.75 Å². The van der Waals surface area contributed by atoms with Crippen molar-refractivity contribution in [3.8, 4) is 11.5 Å². The highest BCUT2D eigenvalue weighted by Crippen LogP contribution is 2.36. The molecule has 0 radical (unpaired) electrons. The molecule has 0 fully saturated rings. The number of nitro benzene ring substituents is 1. The van der Waals surface area contributed by atoms with Crippen LogP contribution < -0.4 is 10.2 Å². The summed E-state index contributed by atoms with van der Waals surface area (Å²) >= 11 is 0. The van der Waals surface area contributed by atoms with Crippen molar-refractivity contribution in [2.75, 3.05) is 7.11 Å². The number of hydrazone groups is 1. The highest BCUT2D eigenvalue weighted by molar-refractivity contribution is 5.82. The minimum Gasteiger partial charge on any atom is -0.452 e. The van der Waals surface area contributed by atoms with E-state index in [4.69, 9.17) is 4.74 Å². The third-order valence-electron chi connectivity index (χ3n) is 3.75. The number of methoxy groups -OCH3 is 1. The largest absolute Gasteiger partial charge is 0.452 e. The van der Waals surface area contributed by atoms with Gasteiger partial charge in [0, 0.05) is 11.6 Å². The molecule has 0 unspecified atom stereocenters. The summed E-state index contributed by atoms with van der Waals surface area (Å²) < 4.78 is 10.3. The molecule has 8 heteroatoms. The van der Waals surface area contributed by atoms with Gasteiger partial charge < -0.3 is 9.47 Å². The molecule has 0 aliphatic heterocycles. The van der Waals surface area contributed by atoms with Crippen molar-refractivity contribution in [2.24, 2.45) is 5.10 Å². The van der Waals surface area contributed by atoms with E-state index in [0.29, 0.717) is 11.3 Å². The summed E-state index contributed by atoms with van der Waals surface area (Å²) in [5.41, 5.74) is 4.30. The first kappa shape index (κ1) is 19.9. The molecule has 1 N–H and O–H groups in total. The molecule has 142 valence electrons. The van der Waals surface area contributed by atoms with Gasteiger partial charge in [-0.1, -0.05) is 26.0 Å². The van der Waals surface area contributed by atoms with Crippen molar-refractivity contribution in [1.29, 1.82) is 0 Å². The lowest BCUT2D eigenvalue weighted by atomic mass is 10.0. The molecule has 8 nitrogen and oxygen atoms in total. The summed E-state index contributed by atoms with van der Waals surface area (Å²) in [5.74, 6) is 0.919. The Kier molecular flexibility index (Phi) is 6.48. The Morgan fingerprint density at radius 1 is 1.22 bits per heavy atom. The van der Waals surface area contributed by atoms with E-state index in [9.17, 15) is 14.9 Å². The number of nitrogens with zero attached hydrogens (tertiary/aromatic N) is 2. The molecule has 0 atom stereocenters. The van der Waals surface area contributed by atoms with E-state index in [0.717, 1.165) is 11.1 Å². The summed E-state index contributed by atoms with van der Waals surface area (Å²) in [6.07, 6.45) is 0.543. The van der Waals surface area contributed by atoms with Crippen molar-refractivity contribution in [1.82, 2.24) is 5.43 Å². The Hall–Kier alpha value is -3.42. The van der Waals surface area contributed by atoms with Crippen molar-refractivity contribution in [2.45, 2.75) is 26.7 Å². The zero-order valence-electron chi connectivity index (χ0n) is 15.6. The van der Waals surface area contributed by atoms with Crippen LogP contribution in [0.15, 0.2) is 41.5 Å². The SMILES string of the molecule is COC(=O)N/N=C\c1ccc(Oc2cc(C)ccc2C(C)C)c([N+](=O)[O-])c1. The smallest absolute Gasteiger partial charge is 0.427 e. The van der Waals surface area contributed by atoms with Crippen LogP contribution in [0.25, 0.3) is 0 Å². The number of amides is 1. The number of hydrogen-bond acceptors (Lipinski definition) is 6. The molecule has 0 aromatic heterocycles. The minimum atomic E-state index is -0.735. The number of nitrogens with one attached hydrogen (secondary N) is 1. The topological polar surface area (TPSA) is 103 Å². The molecule has 0 aliphatic rings. The van der Waals surface area contributed by atoms with Gasteiger partial charge in [0.15, 0.2) is 0 Å². The monoisotopic (exact) mass is 371 g/mol. The molecule has 27 heavy (non-hydrogen) atoms. The van der Waals surface area contributed by atoms with Crippen molar-refractivity contribution < 1.29 is 19.2 Å². The summed E-state index contributed by atoms with van der Waals surface area (Å²) in [4.78, 5) is 21.9. The predicted octanol–water partition coefficient (Wildman–Crippen LogP) is 4.51. The second-order valence-corrected chi connectivity index (χ2v) is 6.14. The van der Waals surface area contributed by atoms with E-state index in [1.165, 1.54) is 25.5 Å². The first-order valence-corrected chi connectivity index (χ1v) is 8.25. The summed E-state index contributed by atoms with van der Waals surface area (Å²) in [5, 5.41) is 15.1. The average Bonchev–Trinajstić information content (AvgIpc) is 2.62. The van der Waals surface area contributed by atoms with Crippen molar-refractivity contribution in [3.63, 3.8) is 0 Å². The van der Waals surface area contributed by atoms with Gasteiger partial charge >= 0.3 is 11.8 Å². The Bertz CT molecular complexity index is 878. The number of carbonyl (C=O) groups excluding carboxylic acids is 1. The number of hydrogen-bond donors (Lipinski definition) is 1. The van der Waals surface area contributed by atoms with Crippen LogP contribution in [0.3, 0.4) is 0 Å². The summed E-state index contributed by atoms with van der Waals surface area (Å²) in [6, 6.07) is 10.2. The lowest BCUT2D eigenvalue weighted by Gasteiger charge is -2.14. The van der Waals surface area contributed by atoms with Crippen LogP contribution in [0.4, 0.5) is 10.5 Å². The van der Waals surface area contributed by atoms with Crippen molar-refractivity contribution >= 4 is 18.0 Å². The van der Waals surface area contributed by atoms with Gasteiger partial charge in [0.25, 0.3) is 0 Å². The molecule has 0 spiro atoms. The predicted molar refractivity (Wildman–Crippen MR) is 102 cm³/mol. The van der Waals surface area contributed by atoms with Gasteiger partial charge in [-0.3, -0.25) is 10.1 Å². The Balaban J connectivity index is 2.34. The Morgan fingerprint density at radius 2 is 1.96 bits per heavy atom. The van der Waals surface area contributed by atoms with Gasteiger partial charge in [-0.2, -0.15) is 5.10 Å². The number of aryl methyl sites for hydroxylation is 1. The van der Waals surface area contributed by atoms with E-state index in [2.05, 4.69) is 15.3 Å². The first-order chi connectivity index (χ1) is 12.8. The second-order valence-electron chi connectivity index (χ2n) is 6.14. The minimum absolute atomic E-state index is 0.130.